The summed E-state index contributed by atoms with van der Waals surface area (Å²) in [6, 6.07) is 9.67. The van der Waals surface area contributed by atoms with E-state index in [1.807, 2.05) is 0 Å². The van der Waals surface area contributed by atoms with Crippen LogP contribution in [0, 0.1) is 35.5 Å². The zero-order valence-electron chi connectivity index (χ0n) is 27.1. The fraction of sp³-hybridized carbons (Fsp3) is 0.650. The molecule has 0 aromatic heterocycles. The molecule has 6 heteroatoms. The van der Waals surface area contributed by atoms with Crippen LogP contribution in [0.3, 0.4) is 0 Å². The largest absolute Gasteiger partial charge is 0.487 e. The van der Waals surface area contributed by atoms with Crippen molar-refractivity contribution >= 4 is 10.8 Å². The lowest BCUT2D eigenvalue weighted by atomic mass is 9.46. The maximum atomic E-state index is 6.73. The van der Waals surface area contributed by atoms with Crippen molar-refractivity contribution in [3.63, 3.8) is 0 Å². The maximum Gasteiger partial charge on any atom is 0.169 e. The minimum absolute atomic E-state index is 0.245. The minimum Gasteiger partial charge on any atom is -0.487 e. The standard InChI is InChI=1S/C40H48O6/c1-2-33-37(34(3-1)39-15-25-8-26(16-39)10-27(9-25)17-39)35(40-18-28-11-29(19-40)13-30(12-28)20-40)14-36(43-6-4-41-21-31-23-45-31)38(33)44-7-5-42-22-32-24-46-32/h1-3,14,23-30H,4-13,15-22H2. The van der Waals surface area contributed by atoms with Crippen molar-refractivity contribution < 1.29 is 28.4 Å². The Hall–Kier alpha value is -2.70. The topological polar surface area (TPSA) is 62.0 Å². The van der Waals surface area contributed by atoms with E-state index in [9.17, 15) is 0 Å². The van der Waals surface area contributed by atoms with Crippen LogP contribution in [0.2, 0.25) is 0 Å². The highest BCUT2D eigenvalue weighted by molar-refractivity contribution is 5.97. The molecular weight excluding hydrogens is 576 g/mol. The summed E-state index contributed by atoms with van der Waals surface area (Å²) >= 11 is 0. The lowest BCUT2D eigenvalue weighted by Gasteiger charge is -2.59. The first-order chi connectivity index (χ1) is 22.6. The van der Waals surface area contributed by atoms with Crippen LogP contribution in [-0.2, 0) is 29.8 Å². The molecule has 8 saturated carbocycles. The van der Waals surface area contributed by atoms with Crippen LogP contribution in [0.1, 0.15) is 88.2 Å². The highest BCUT2D eigenvalue weighted by Crippen LogP contribution is 2.65. The number of hydrogen-bond acceptors (Lipinski definition) is 6. The summed E-state index contributed by atoms with van der Waals surface area (Å²) in [7, 11) is 0. The van der Waals surface area contributed by atoms with Crippen LogP contribution < -0.4 is 9.47 Å². The van der Waals surface area contributed by atoms with Gasteiger partial charge >= 0.3 is 0 Å². The average molecular weight is 625 g/mol. The Morgan fingerprint density at radius 3 is 1.57 bits per heavy atom. The van der Waals surface area contributed by atoms with Gasteiger partial charge in [-0.25, -0.2) is 0 Å². The maximum absolute atomic E-state index is 6.73. The van der Waals surface area contributed by atoms with Gasteiger partial charge in [-0.1, -0.05) is 18.2 Å². The Morgan fingerprint density at radius 1 is 0.587 bits per heavy atom. The summed E-state index contributed by atoms with van der Waals surface area (Å²) in [4.78, 5) is 0. The molecule has 6 nitrogen and oxygen atoms in total. The lowest BCUT2D eigenvalue weighted by Crippen LogP contribution is -2.50. The molecule has 10 aliphatic rings. The molecule has 12 rings (SSSR count). The molecule has 2 heterocycles. The van der Waals surface area contributed by atoms with Gasteiger partial charge in [0.05, 0.1) is 13.2 Å². The van der Waals surface area contributed by atoms with Crippen LogP contribution in [0.4, 0.5) is 0 Å². The molecule has 244 valence electrons. The molecule has 0 N–H and O–H groups in total. The summed E-state index contributed by atoms with van der Waals surface area (Å²) in [5, 5.41) is 2.78. The fourth-order valence-electron chi connectivity index (χ4n) is 12.4. The van der Waals surface area contributed by atoms with Gasteiger partial charge in [-0.05, 0) is 146 Å². The van der Waals surface area contributed by atoms with Crippen LogP contribution in [0.15, 0.2) is 48.3 Å². The Labute approximate surface area is 272 Å². The van der Waals surface area contributed by atoms with Gasteiger partial charge in [0.15, 0.2) is 23.0 Å². The smallest absolute Gasteiger partial charge is 0.169 e. The van der Waals surface area contributed by atoms with E-state index in [0.29, 0.717) is 45.1 Å². The zero-order valence-corrected chi connectivity index (χ0v) is 27.1. The van der Waals surface area contributed by atoms with Gasteiger partial charge in [-0.3, -0.25) is 0 Å². The van der Waals surface area contributed by atoms with Crippen molar-refractivity contribution in [2.75, 3.05) is 39.6 Å². The second kappa shape index (κ2) is 10.9. The van der Waals surface area contributed by atoms with Crippen LogP contribution in [-0.4, -0.2) is 39.6 Å². The normalized spacial score (nSPS) is 37.1. The molecule has 0 spiro atoms. The summed E-state index contributed by atoms with van der Waals surface area (Å²) in [5.74, 6) is 8.92. The molecule has 0 atom stereocenters. The second-order valence-corrected chi connectivity index (χ2v) is 16.6. The van der Waals surface area contributed by atoms with Crippen molar-refractivity contribution in [3.05, 3.63) is 59.4 Å². The predicted octanol–water partition coefficient (Wildman–Crippen LogP) is 8.31. The Bertz CT molecular complexity index is 1520. The molecule has 2 aromatic rings. The summed E-state index contributed by atoms with van der Waals surface area (Å²) < 4.78 is 35.4. The number of fused-ring (bicyclic) bond motifs is 1. The summed E-state index contributed by atoms with van der Waals surface area (Å²) in [5.41, 5.74) is 3.78. The molecule has 8 fully saturated rings. The van der Waals surface area contributed by atoms with E-state index < -0.39 is 0 Å². The zero-order chi connectivity index (χ0) is 30.3. The first-order valence-electron chi connectivity index (χ1n) is 18.3. The number of hydrogen-bond donors (Lipinski definition) is 0. The van der Waals surface area contributed by atoms with E-state index in [1.165, 1.54) is 87.8 Å². The highest BCUT2D eigenvalue weighted by atomic mass is 16.6. The number of ether oxygens (including phenoxy) is 6. The lowest BCUT2D eigenvalue weighted by molar-refractivity contribution is -0.00688. The van der Waals surface area contributed by atoms with E-state index in [2.05, 4.69) is 24.3 Å². The number of rotatable bonds is 14. The van der Waals surface area contributed by atoms with Crippen LogP contribution in [0.5, 0.6) is 11.5 Å². The Kier molecular flexibility index (Phi) is 6.72. The van der Waals surface area contributed by atoms with Gasteiger partial charge in [-0.2, -0.15) is 0 Å². The van der Waals surface area contributed by atoms with Crippen molar-refractivity contribution in [2.24, 2.45) is 35.5 Å². The SMILES string of the molecule is C1=C(COCCOc2cc(C34CC5CC(CC(C5)C3)C4)c3c(C45CC6CC(CC(C6)C4)C5)cccc3c2OCCOCC2=CO2)O1. The molecule has 2 aliphatic heterocycles. The van der Waals surface area contributed by atoms with E-state index in [4.69, 9.17) is 28.4 Å². The quantitative estimate of drug-likeness (QED) is 0.197. The Balaban J connectivity index is 1.08. The van der Waals surface area contributed by atoms with Gasteiger partial charge in [0.25, 0.3) is 0 Å². The van der Waals surface area contributed by atoms with E-state index in [-0.39, 0.29) is 5.41 Å². The van der Waals surface area contributed by atoms with Crippen LogP contribution >= 0.6 is 0 Å². The van der Waals surface area contributed by atoms with Crippen LogP contribution in [0.25, 0.3) is 10.8 Å². The number of benzene rings is 2. The molecule has 8 bridgehead atoms. The van der Waals surface area contributed by atoms with Crippen molar-refractivity contribution in [1.29, 1.82) is 0 Å². The van der Waals surface area contributed by atoms with E-state index in [1.54, 1.807) is 23.7 Å². The first-order valence-corrected chi connectivity index (χ1v) is 18.3. The van der Waals surface area contributed by atoms with Crippen molar-refractivity contribution in [1.82, 2.24) is 0 Å². The monoisotopic (exact) mass is 624 g/mol. The summed E-state index contributed by atoms with van der Waals surface area (Å²) in [6.45, 7) is 2.98. The van der Waals surface area contributed by atoms with E-state index in [0.717, 1.165) is 58.5 Å². The van der Waals surface area contributed by atoms with Gasteiger partial charge in [0, 0.05) is 5.39 Å². The molecule has 8 aliphatic carbocycles. The third kappa shape index (κ3) is 5.05. The van der Waals surface area contributed by atoms with Crippen molar-refractivity contribution in [2.45, 2.75) is 87.9 Å². The second-order valence-electron chi connectivity index (χ2n) is 16.6. The van der Waals surface area contributed by atoms with Crippen molar-refractivity contribution in [3.8, 4) is 11.5 Å². The third-order valence-corrected chi connectivity index (χ3v) is 13.3. The minimum atomic E-state index is 0.245. The van der Waals surface area contributed by atoms with Gasteiger partial charge < -0.3 is 28.4 Å². The molecule has 2 aromatic carbocycles. The average Bonchev–Trinajstić information content (AvgIpc) is 3.96. The predicted molar refractivity (Wildman–Crippen MR) is 175 cm³/mol. The summed E-state index contributed by atoms with van der Waals surface area (Å²) in [6.07, 6.45) is 20.3. The molecule has 0 saturated heterocycles. The first kappa shape index (κ1) is 28.3. The van der Waals surface area contributed by atoms with E-state index >= 15 is 0 Å². The molecular formula is C40H48O6. The molecule has 0 amide bonds. The molecule has 46 heavy (non-hydrogen) atoms. The third-order valence-electron chi connectivity index (χ3n) is 13.3. The van der Waals surface area contributed by atoms with Gasteiger partial charge in [-0.15, -0.1) is 0 Å². The van der Waals surface area contributed by atoms with Gasteiger partial charge in [0.1, 0.15) is 39.0 Å². The highest BCUT2D eigenvalue weighted by Gasteiger charge is 2.55. The Morgan fingerprint density at radius 2 is 1.07 bits per heavy atom. The molecule has 0 radical (unpaired) electrons. The molecule has 0 unspecified atom stereocenters. The fourth-order valence-corrected chi connectivity index (χ4v) is 12.4. The van der Waals surface area contributed by atoms with Gasteiger partial charge in [0.2, 0.25) is 0 Å².